The van der Waals surface area contributed by atoms with E-state index in [2.05, 4.69) is 5.32 Å². The zero-order chi connectivity index (χ0) is 36.5. The van der Waals surface area contributed by atoms with Crippen LogP contribution >= 0.6 is 0 Å². The van der Waals surface area contributed by atoms with Crippen molar-refractivity contribution in [2.75, 3.05) is 12.4 Å². The lowest BCUT2D eigenvalue weighted by Crippen LogP contribution is -2.46. The molecule has 0 spiro atoms. The van der Waals surface area contributed by atoms with Gasteiger partial charge in [-0.1, -0.05) is 46.8 Å². The number of ether oxygens (including phenoxy) is 4. The zero-order valence-corrected chi connectivity index (χ0v) is 29.3. The fraction of sp³-hybridized carbons (Fsp3) is 0.556. The standard InChI is InChI=1S/C36H47NO12/c1-16-11-10-12-17(2)35(44)37-25-15-23(39)26-27-32(21(6)30(42)33(26)48-25)49-36(8,34(27)43)46-14-13-24(45-9)18(3)31(47-22(7)38)20(5)29(41)19(4)28(16)40/h10-11,13-20,24,28-29,31,40-42H,12H2,1-9H3,(H,37,44)/b11-10-,14-13-/t16-,17?,18+,19+,20+,24-,28-,29+,31+,36-/m0/s1. The molecule has 0 fully saturated rings. The van der Waals surface area contributed by atoms with Crippen LogP contribution in [-0.4, -0.2) is 70.3 Å². The molecule has 13 nitrogen and oxygen atoms in total. The van der Waals surface area contributed by atoms with Crippen LogP contribution in [0.5, 0.6) is 11.5 Å². The van der Waals surface area contributed by atoms with Gasteiger partial charge in [-0.05, 0) is 19.4 Å². The number of methoxy groups -OCH3 is 1. The zero-order valence-electron chi connectivity index (χ0n) is 29.3. The number of phenols is 1. The maximum absolute atomic E-state index is 13.8. The second kappa shape index (κ2) is 14.7. The number of aliphatic hydroxyl groups excluding tert-OH is 2. The predicted molar refractivity (Wildman–Crippen MR) is 179 cm³/mol. The average molecular weight is 686 g/mol. The monoisotopic (exact) mass is 685 g/mol. The first-order valence-electron chi connectivity index (χ1n) is 16.4. The number of rotatable bonds is 2. The second-order valence-electron chi connectivity index (χ2n) is 13.4. The van der Waals surface area contributed by atoms with Crippen LogP contribution in [0.25, 0.3) is 11.0 Å². The van der Waals surface area contributed by atoms with Gasteiger partial charge in [0.15, 0.2) is 16.8 Å². The molecule has 4 N–H and O–H groups in total. The molecule has 4 heterocycles. The van der Waals surface area contributed by atoms with E-state index in [1.165, 1.54) is 40.2 Å². The number of aliphatic hydroxyl groups is 2. The normalized spacial score (nSPS) is 34.2. The summed E-state index contributed by atoms with van der Waals surface area (Å²) in [6.07, 6.45) is 2.79. The first-order chi connectivity index (χ1) is 22.9. The molecule has 49 heavy (non-hydrogen) atoms. The van der Waals surface area contributed by atoms with Crippen molar-refractivity contribution in [2.24, 2.45) is 29.6 Å². The third-order valence-corrected chi connectivity index (χ3v) is 9.74. The highest BCUT2D eigenvalue weighted by molar-refractivity contribution is 6.16. The van der Waals surface area contributed by atoms with Crippen LogP contribution in [0.15, 0.2) is 39.8 Å². The quantitative estimate of drug-likeness (QED) is 0.258. The number of carbonyl (C=O) groups excluding carboxylic acids is 3. The number of allylic oxidation sites excluding steroid dienone is 1. The van der Waals surface area contributed by atoms with Crippen molar-refractivity contribution in [2.45, 2.75) is 92.0 Å². The first kappa shape index (κ1) is 37.6. The molecule has 0 saturated carbocycles. The van der Waals surface area contributed by atoms with Gasteiger partial charge in [0.2, 0.25) is 11.8 Å². The molecule has 0 aliphatic carbocycles. The van der Waals surface area contributed by atoms with Crippen LogP contribution < -0.4 is 15.5 Å². The van der Waals surface area contributed by atoms with E-state index in [0.29, 0.717) is 0 Å². The molecule has 5 bridgehead atoms. The highest BCUT2D eigenvalue weighted by Crippen LogP contribution is 2.46. The van der Waals surface area contributed by atoms with Crippen LogP contribution in [0.4, 0.5) is 5.88 Å². The molecule has 2 aromatic rings. The Morgan fingerprint density at radius 1 is 1.02 bits per heavy atom. The smallest absolute Gasteiger partial charge is 0.312 e. The Morgan fingerprint density at radius 2 is 1.69 bits per heavy atom. The molecule has 10 atom stereocenters. The largest absolute Gasteiger partial charge is 0.504 e. The third kappa shape index (κ3) is 7.38. The second-order valence-corrected chi connectivity index (χ2v) is 13.4. The number of aromatic hydroxyl groups is 1. The Morgan fingerprint density at radius 3 is 2.33 bits per heavy atom. The topological polar surface area (TPSA) is 191 Å². The molecular weight excluding hydrogens is 638 g/mol. The lowest BCUT2D eigenvalue weighted by atomic mass is 9.78. The number of hydrogen-bond donors (Lipinski definition) is 4. The first-order valence-corrected chi connectivity index (χ1v) is 16.4. The van der Waals surface area contributed by atoms with E-state index < -0.39 is 88.6 Å². The minimum atomic E-state index is -1.96. The van der Waals surface area contributed by atoms with Crippen LogP contribution in [0, 0.1) is 36.5 Å². The number of phenolic OH excluding ortho intramolecular Hbond substituents is 1. The van der Waals surface area contributed by atoms with Gasteiger partial charge in [-0.15, -0.1) is 0 Å². The summed E-state index contributed by atoms with van der Waals surface area (Å²) in [5, 5.41) is 35.9. The van der Waals surface area contributed by atoms with Crippen molar-refractivity contribution >= 4 is 34.5 Å². The van der Waals surface area contributed by atoms with Gasteiger partial charge >= 0.3 is 11.8 Å². The SMILES string of the molecule is CO[C@H]1/C=C\O[C@@]2(C)Oc3c(C)c(O)c4oc(cc(=O)c4c3C2=O)NC(=O)C(C)C/C=C\[C@H](C)[C@H](O)[C@@H](C)[C@@H](O)[C@@H](C)[C@H](OC(C)=O)[C@@H]1C. The predicted octanol–water partition coefficient (Wildman–Crippen LogP) is 4.38. The summed E-state index contributed by atoms with van der Waals surface area (Å²) in [4.78, 5) is 52.5. The molecule has 5 rings (SSSR count). The maximum atomic E-state index is 13.8. The van der Waals surface area contributed by atoms with Crippen molar-refractivity contribution in [3.63, 3.8) is 0 Å². The van der Waals surface area contributed by atoms with Crippen molar-refractivity contribution in [3.8, 4) is 11.5 Å². The van der Waals surface area contributed by atoms with Crippen molar-refractivity contribution in [3.05, 3.63) is 51.9 Å². The Kier molecular flexibility index (Phi) is 11.3. The van der Waals surface area contributed by atoms with E-state index in [0.717, 1.165) is 6.07 Å². The highest BCUT2D eigenvalue weighted by atomic mass is 16.7. The summed E-state index contributed by atoms with van der Waals surface area (Å²) in [6.45, 7) is 12.8. The number of carbonyl (C=O) groups is 3. The van der Waals surface area contributed by atoms with Gasteiger partial charge in [-0.3, -0.25) is 24.5 Å². The summed E-state index contributed by atoms with van der Waals surface area (Å²) >= 11 is 0. The molecule has 3 aliphatic heterocycles. The molecule has 1 aromatic carbocycles. The van der Waals surface area contributed by atoms with Crippen LogP contribution in [0.2, 0.25) is 0 Å². The van der Waals surface area contributed by atoms with Crippen LogP contribution in [0.3, 0.4) is 0 Å². The minimum Gasteiger partial charge on any atom is -0.504 e. The molecule has 1 aromatic heterocycles. The molecule has 3 aliphatic rings. The summed E-state index contributed by atoms with van der Waals surface area (Å²) in [5.41, 5.74) is -1.01. The summed E-state index contributed by atoms with van der Waals surface area (Å²) in [5.74, 6) is -7.28. The number of fused-ring (bicyclic) bond motifs is 15. The average Bonchev–Trinajstić information content (AvgIpc) is 3.31. The Labute approximate surface area is 284 Å². The van der Waals surface area contributed by atoms with Gasteiger partial charge in [0.1, 0.15) is 11.9 Å². The number of amides is 1. The van der Waals surface area contributed by atoms with Crippen molar-refractivity contribution in [1.29, 1.82) is 0 Å². The van der Waals surface area contributed by atoms with Crippen molar-refractivity contribution in [1.82, 2.24) is 0 Å². The molecular formula is C36H47NO12. The van der Waals surface area contributed by atoms with E-state index in [9.17, 15) is 34.5 Å². The number of hydrogen-bond acceptors (Lipinski definition) is 12. The fourth-order valence-corrected chi connectivity index (χ4v) is 6.53. The lowest BCUT2D eigenvalue weighted by Gasteiger charge is -2.38. The number of nitrogens with one attached hydrogen (secondary N) is 1. The minimum absolute atomic E-state index is 0.0548. The van der Waals surface area contributed by atoms with Gasteiger partial charge in [0.25, 0.3) is 5.78 Å². The van der Waals surface area contributed by atoms with E-state index in [1.807, 2.05) is 0 Å². The molecule has 0 radical (unpaired) electrons. The summed E-state index contributed by atoms with van der Waals surface area (Å²) < 4.78 is 28.9. The van der Waals surface area contributed by atoms with Gasteiger partial charge in [-0.2, -0.15) is 0 Å². The Balaban J connectivity index is 1.81. The molecule has 268 valence electrons. The molecule has 1 unspecified atom stereocenters. The summed E-state index contributed by atoms with van der Waals surface area (Å²) in [7, 11) is 1.44. The Hall–Kier alpha value is -4.20. The third-order valence-electron chi connectivity index (χ3n) is 9.74. The van der Waals surface area contributed by atoms with Crippen LogP contribution in [-0.2, 0) is 23.8 Å². The van der Waals surface area contributed by atoms with E-state index in [1.54, 1.807) is 46.8 Å². The molecule has 0 saturated heterocycles. The number of benzene rings is 1. The van der Waals surface area contributed by atoms with E-state index in [-0.39, 0.29) is 40.2 Å². The van der Waals surface area contributed by atoms with Gasteiger partial charge in [0.05, 0.1) is 35.5 Å². The van der Waals surface area contributed by atoms with Crippen molar-refractivity contribution < 1.29 is 53.1 Å². The molecule has 13 heteroatoms. The van der Waals surface area contributed by atoms with E-state index in [4.69, 9.17) is 23.4 Å². The summed E-state index contributed by atoms with van der Waals surface area (Å²) in [6, 6.07) is 1.02. The fourth-order valence-electron chi connectivity index (χ4n) is 6.53. The van der Waals surface area contributed by atoms with Crippen LogP contribution in [0.1, 0.15) is 70.8 Å². The lowest BCUT2D eigenvalue weighted by molar-refractivity contribution is -0.160. The van der Waals surface area contributed by atoms with Gasteiger partial charge in [-0.25, -0.2) is 0 Å². The van der Waals surface area contributed by atoms with E-state index >= 15 is 0 Å². The number of esters is 1. The Bertz CT molecular complexity index is 1710. The van der Waals surface area contributed by atoms with Gasteiger partial charge < -0.3 is 38.7 Å². The maximum Gasteiger partial charge on any atom is 0.312 e. The highest BCUT2D eigenvalue weighted by Gasteiger charge is 2.49. The number of ketones is 1. The molecule has 1 amide bonds. The number of Topliss-reactive ketones (excluding diaryl/α,β-unsaturated/α-hetero) is 1. The van der Waals surface area contributed by atoms with Gasteiger partial charge in [0, 0.05) is 62.2 Å². The number of anilines is 1.